The van der Waals surface area contributed by atoms with Crippen LogP contribution in [0.1, 0.15) is 16.8 Å². The topological polar surface area (TPSA) is 102 Å². The molecule has 148 valence electrons. The molecule has 1 N–H and O–H groups in total. The summed E-state index contributed by atoms with van der Waals surface area (Å²) in [6.07, 6.45) is 0.577. The normalized spacial score (nSPS) is 15.1. The summed E-state index contributed by atoms with van der Waals surface area (Å²) in [6.45, 7) is -0.0333. The molecular weight excluding hydrogens is 384 g/mol. The summed E-state index contributed by atoms with van der Waals surface area (Å²) in [7, 11) is -1.79. The Morgan fingerprint density at radius 3 is 2.46 bits per heavy atom. The number of rotatable bonds is 6. The molecule has 1 aliphatic rings. The summed E-state index contributed by atoms with van der Waals surface area (Å²) >= 11 is 0. The number of nitrogens with zero attached hydrogens (tertiary/aromatic N) is 1. The molecule has 1 heterocycles. The summed E-state index contributed by atoms with van der Waals surface area (Å²) in [4.78, 5) is 24.1. The predicted octanol–water partition coefficient (Wildman–Crippen LogP) is 2.03. The van der Waals surface area contributed by atoms with Gasteiger partial charge in [-0.05, 0) is 42.8 Å². The first-order chi connectivity index (χ1) is 13.4. The Balaban J connectivity index is 1.57. The van der Waals surface area contributed by atoms with Gasteiger partial charge in [0.2, 0.25) is 10.0 Å². The van der Waals surface area contributed by atoms with E-state index in [2.05, 4.69) is 5.32 Å². The third-order valence-electron chi connectivity index (χ3n) is 4.21. The predicted molar refractivity (Wildman–Crippen MR) is 104 cm³/mol. The number of carbonyl (C=O) groups excluding carboxylic acids is 2. The van der Waals surface area contributed by atoms with Crippen molar-refractivity contribution in [3.63, 3.8) is 0 Å². The maximum Gasteiger partial charge on any atom is 0.338 e. The van der Waals surface area contributed by atoms with E-state index in [0.29, 0.717) is 30.1 Å². The molecule has 3 rings (SSSR count). The van der Waals surface area contributed by atoms with E-state index in [1.165, 1.54) is 23.5 Å². The number of carbonyl (C=O) groups is 2. The van der Waals surface area contributed by atoms with Crippen molar-refractivity contribution in [2.75, 3.05) is 35.6 Å². The minimum absolute atomic E-state index is 0.123. The highest BCUT2D eigenvalue weighted by atomic mass is 32.2. The van der Waals surface area contributed by atoms with Crippen LogP contribution in [0.2, 0.25) is 0 Å². The first-order valence-electron chi connectivity index (χ1n) is 8.61. The van der Waals surface area contributed by atoms with Crippen molar-refractivity contribution in [2.24, 2.45) is 0 Å². The van der Waals surface area contributed by atoms with Crippen molar-refractivity contribution in [1.29, 1.82) is 0 Å². The van der Waals surface area contributed by atoms with E-state index in [1.54, 1.807) is 36.4 Å². The molecule has 0 radical (unpaired) electrons. The Hall–Kier alpha value is -3.07. The van der Waals surface area contributed by atoms with Crippen LogP contribution >= 0.6 is 0 Å². The molecule has 8 nitrogen and oxygen atoms in total. The Bertz CT molecular complexity index is 972. The van der Waals surface area contributed by atoms with E-state index >= 15 is 0 Å². The van der Waals surface area contributed by atoms with Gasteiger partial charge in [0.05, 0.1) is 29.8 Å². The second kappa shape index (κ2) is 8.30. The number of nitrogens with one attached hydrogen (secondary N) is 1. The number of benzene rings is 2. The van der Waals surface area contributed by atoms with Crippen LogP contribution in [0.25, 0.3) is 0 Å². The van der Waals surface area contributed by atoms with E-state index in [4.69, 9.17) is 9.47 Å². The molecule has 9 heteroatoms. The monoisotopic (exact) mass is 404 g/mol. The summed E-state index contributed by atoms with van der Waals surface area (Å²) in [6, 6.07) is 12.9. The summed E-state index contributed by atoms with van der Waals surface area (Å²) in [5, 5.41) is 2.61. The highest BCUT2D eigenvalue weighted by molar-refractivity contribution is 7.93. The Kier molecular flexibility index (Phi) is 5.84. The van der Waals surface area contributed by atoms with E-state index in [-0.39, 0.29) is 11.3 Å². The zero-order chi connectivity index (χ0) is 20.1. The molecule has 1 amide bonds. The fourth-order valence-electron chi connectivity index (χ4n) is 2.84. The molecule has 2 aromatic carbocycles. The fraction of sp³-hybridized carbons (Fsp3) is 0.263. The summed E-state index contributed by atoms with van der Waals surface area (Å²) in [5.74, 6) is -0.559. The van der Waals surface area contributed by atoms with Crippen molar-refractivity contribution in [1.82, 2.24) is 0 Å². The number of anilines is 2. The first kappa shape index (κ1) is 19.7. The average Bonchev–Trinajstić information content (AvgIpc) is 3.05. The van der Waals surface area contributed by atoms with E-state index in [0.717, 1.165) is 0 Å². The lowest BCUT2D eigenvalue weighted by molar-refractivity contribution is -0.119. The van der Waals surface area contributed by atoms with Crippen molar-refractivity contribution in [3.8, 4) is 5.75 Å². The fourth-order valence-corrected chi connectivity index (χ4v) is 4.41. The van der Waals surface area contributed by atoms with Crippen LogP contribution in [0.4, 0.5) is 11.4 Å². The van der Waals surface area contributed by atoms with Crippen LogP contribution in [-0.2, 0) is 19.6 Å². The van der Waals surface area contributed by atoms with E-state index in [9.17, 15) is 18.0 Å². The number of para-hydroxylation sites is 2. The van der Waals surface area contributed by atoms with Crippen LogP contribution in [0.5, 0.6) is 5.75 Å². The maximum atomic E-state index is 12.1. The minimum atomic E-state index is -3.28. The molecule has 28 heavy (non-hydrogen) atoms. The number of hydrogen-bond donors (Lipinski definition) is 1. The van der Waals surface area contributed by atoms with Crippen LogP contribution in [0, 0.1) is 0 Å². The number of methoxy groups -OCH3 is 1. The van der Waals surface area contributed by atoms with Gasteiger partial charge in [0.25, 0.3) is 5.91 Å². The average molecular weight is 404 g/mol. The largest absolute Gasteiger partial charge is 0.495 e. The van der Waals surface area contributed by atoms with Crippen molar-refractivity contribution in [3.05, 3.63) is 54.1 Å². The van der Waals surface area contributed by atoms with Gasteiger partial charge in [-0.3, -0.25) is 9.10 Å². The van der Waals surface area contributed by atoms with Gasteiger partial charge >= 0.3 is 5.97 Å². The molecule has 0 saturated carbocycles. The number of amides is 1. The smallest absolute Gasteiger partial charge is 0.338 e. The quantitative estimate of drug-likeness (QED) is 0.739. The molecular formula is C19H20N2O6S. The van der Waals surface area contributed by atoms with Gasteiger partial charge in [-0.1, -0.05) is 12.1 Å². The lowest BCUT2D eigenvalue weighted by Gasteiger charge is -2.16. The van der Waals surface area contributed by atoms with Gasteiger partial charge in [-0.15, -0.1) is 0 Å². The first-order valence-corrected chi connectivity index (χ1v) is 10.2. The third-order valence-corrected chi connectivity index (χ3v) is 6.08. The number of esters is 1. The number of ether oxygens (including phenoxy) is 2. The standard InChI is InChI=1S/C19H20N2O6S/c1-26-17-6-3-2-5-16(17)20-18(22)13-27-19(23)14-7-9-15(10-8-14)21-11-4-12-28(21,24)25/h2-3,5-10H,4,11-13H2,1H3,(H,20,22). The highest BCUT2D eigenvalue weighted by Gasteiger charge is 2.28. The Morgan fingerprint density at radius 2 is 1.82 bits per heavy atom. The minimum Gasteiger partial charge on any atom is -0.495 e. The summed E-state index contributed by atoms with van der Waals surface area (Å²) < 4.78 is 35.4. The van der Waals surface area contributed by atoms with Crippen LogP contribution < -0.4 is 14.4 Å². The van der Waals surface area contributed by atoms with Crippen LogP contribution in [0.15, 0.2) is 48.5 Å². The van der Waals surface area contributed by atoms with Gasteiger partial charge in [0.15, 0.2) is 6.61 Å². The molecule has 0 atom stereocenters. The zero-order valence-corrected chi connectivity index (χ0v) is 16.1. The second-order valence-corrected chi connectivity index (χ2v) is 8.13. The number of sulfonamides is 1. The molecule has 1 fully saturated rings. The van der Waals surface area contributed by atoms with Crippen molar-refractivity contribution >= 4 is 33.3 Å². The van der Waals surface area contributed by atoms with E-state index < -0.39 is 28.5 Å². The van der Waals surface area contributed by atoms with Crippen molar-refractivity contribution < 1.29 is 27.5 Å². The number of hydrogen-bond acceptors (Lipinski definition) is 6. The Labute approximate surface area is 163 Å². The molecule has 0 aromatic heterocycles. The highest BCUT2D eigenvalue weighted by Crippen LogP contribution is 2.25. The maximum absolute atomic E-state index is 12.1. The third kappa shape index (κ3) is 4.42. The molecule has 1 saturated heterocycles. The summed E-state index contributed by atoms with van der Waals surface area (Å²) in [5.41, 5.74) is 1.20. The molecule has 1 aliphatic heterocycles. The molecule has 0 bridgehead atoms. The molecule has 0 spiro atoms. The van der Waals surface area contributed by atoms with Crippen molar-refractivity contribution in [2.45, 2.75) is 6.42 Å². The van der Waals surface area contributed by atoms with Crippen LogP contribution in [-0.4, -0.2) is 46.3 Å². The van der Waals surface area contributed by atoms with Gasteiger partial charge in [0.1, 0.15) is 5.75 Å². The second-order valence-electron chi connectivity index (χ2n) is 6.11. The Morgan fingerprint density at radius 1 is 1.11 bits per heavy atom. The van der Waals surface area contributed by atoms with E-state index in [1.807, 2.05) is 0 Å². The van der Waals surface area contributed by atoms with Gasteiger partial charge in [-0.2, -0.15) is 0 Å². The SMILES string of the molecule is COc1ccccc1NC(=O)COC(=O)c1ccc(N2CCCS2(=O)=O)cc1. The molecule has 0 unspecified atom stereocenters. The lowest BCUT2D eigenvalue weighted by atomic mass is 10.2. The molecule has 2 aromatic rings. The van der Waals surface area contributed by atoms with Gasteiger partial charge < -0.3 is 14.8 Å². The van der Waals surface area contributed by atoms with Gasteiger partial charge in [0, 0.05) is 6.54 Å². The zero-order valence-electron chi connectivity index (χ0n) is 15.3. The van der Waals surface area contributed by atoms with Crippen LogP contribution in [0.3, 0.4) is 0 Å². The molecule has 0 aliphatic carbocycles. The van der Waals surface area contributed by atoms with Gasteiger partial charge in [-0.25, -0.2) is 13.2 Å². The lowest BCUT2D eigenvalue weighted by Crippen LogP contribution is -2.25.